The molecule has 28 heavy (non-hydrogen) atoms. The van der Waals surface area contributed by atoms with Gasteiger partial charge in [-0.15, -0.1) is 11.3 Å². The highest BCUT2D eigenvalue weighted by Crippen LogP contribution is 2.39. The van der Waals surface area contributed by atoms with Crippen LogP contribution in [0.3, 0.4) is 0 Å². The number of fused-ring (bicyclic) bond motifs is 1. The number of carbonyl (C=O) groups is 1. The molecule has 1 aliphatic rings. The molecule has 8 nitrogen and oxygen atoms in total. The highest BCUT2D eigenvalue weighted by molar-refractivity contribution is 7.21. The van der Waals surface area contributed by atoms with Crippen LogP contribution in [0.15, 0.2) is 24.7 Å². The van der Waals surface area contributed by atoms with Gasteiger partial charge < -0.3 is 19.5 Å². The van der Waals surface area contributed by atoms with Gasteiger partial charge in [-0.05, 0) is 12.1 Å². The Bertz CT molecular complexity index is 1010. The largest absolute Gasteiger partial charge is 0.473 e. The lowest BCUT2D eigenvalue weighted by Crippen LogP contribution is -2.26. The van der Waals surface area contributed by atoms with Gasteiger partial charge in [-0.1, -0.05) is 11.6 Å². The van der Waals surface area contributed by atoms with E-state index >= 15 is 0 Å². The standard InChI is InChI=1S/C18H17ClN4O4S/c1-25-18(24)14-13(19)12-15(21-9-22-17(12)28-14)23-11-3-2-6-20-16(11)27-10-4-7-26-8-5-10/h2-3,6,9-10H,4-5,7-8H2,1H3,(H,21,22,23). The van der Waals surface area contributed by atoms with Crippen molar-refractivity contribution in [2.45, 2.75) is 18.9 Å². The van der Waals surface area contributed by atoms with Crippen LogP contribution in [0, 0.1) is 0 Å². The molecular formula is C18H17ClN4O4S. The molecule has 1 aliphatic heterocycles. The van der Waals surface area contributed by atoms with Crippen molar-refractivity contribution < 1.29 is 19.0 Å². The summed E-state index contributed by atoms with van der Waals surface area (Å²) in [6.45, 7) is 1.35. The number of carbonyl (C=O) groups excluding carboxylic acids is 1. The van der Waals surface area contributed by atoms with Gasteiger partial charge in [-0.25, -0.2) is 19.7 Å². The van der Waals surface area contributed by atoms with Crippen LogP contribution < -0.4 is 10.1 Å². The number of esters is 1. The van der Waals surface area contributed by atoms with E-state index in [1.807, 2.05) is 6.07 Å². The third-order valence-corrected chi connectivity index (χ3v) is 5.84. The number of aromatic nitrogens is 3. The molecule has 146 valence electrons. The summed E-state index contributed by atoms with van der Waals surface area (Å²) >= 11 is 7.58. The molecule has 4 rings (SSSR count). The Morgan fingerprint density at radius 1 is 1.32 bits per heavy atom. The first kappa shape index (κ1) is 18.9. The maximum absolute atomic E-state index is 11.9. The predicted octanol–water partition coefficient (Wildman–Crippen LogP) is 3.83. The zero-order valence-electron chi connectivity index (χ0n) is 15.0. The summed E-state index contributed by atoms with van der Waals surface area (Å²) in [5.41, 5.74) is 0.649. The average molecular weight is 421 g/mol. The summed E-state index contributed by atoms with van der Waals surface area (Å²) < 4.78 is 16.2. The van der Waals surface area contributed by atoms with Gasteiger partial charge in [0.25, 0.3) is 0 Å². The molecule has 1 N–H and O–H groups in total. The third-order valence-electron chi connectivity index (χ3n) is 4.27. The van der Waals surface area contributed by atoms with Gasteiger partial charge >= 0.3 is 5.97 Å². The van der Waals surface area contributed by atoms with Gasteiger partial charge in [0, 0.05) is 19.0 Å². The van der Waals surface area contributed by atoms with Gasteiger partial charge in [-0.3, -0.25) is 0 Å². The summed E-state index contributed by atoms with van der Waals surface area (Å²) in [5, 5.41) is 4.02. The number of ether oxygens (including phenoxy) is 3. The Balaban J connectivity index is 1.67. The monoisotopic (exact) mass is 420 g/mol. The van der Waals surface area contributed by atoms with Crippen LogP contribution in [0.4, 0.5) is 11.5 Å². The molecule has 0 radical (unpaired) electrons. The third kappa shape index (κ3) is 3.73. The van der Waals surface area contributed by atoms with E-state index in [-0.39, 0.29) is 16.0 Å². The fraction of sp³-hybridized carbons (Fsp3) is 0.333. The molecule has 0 unspecified atom stereocenters. The molecule has 3 aromatic heterocycles. The van der Waals surface area contributed by atoms with E-state index in [1.54, 1.807) is 12.3 Å². The summed E-state index contributed by atoms with van der Waals surface area (Å²) in [7, 11) is 1.31. The molecule has 0 aromatic carbocycles. The van der Waals surface area contributed by atoms with E-state index < -0.39 is 5.97 Å². The number of hydrogen-bond acceptors (Lipinski definition) is 9. The summed E-state index contributed by atoms with van der Waals surface area (Å²) in [6, 6.07) is 3.64. The quantitative estimate of drug-likeness (QED) is 0.622. The highest BCUT2D eigenvalue weighted by atomic mass is 35.5. The van der Waals surface area contributed by atoms with Crippen molar-refractivity contribution in [2.75, 3.05) is 25.6 Å². The van der Waals surface area contributed by atoms with E-state index in [0.29, 0.717) is 40.8 Å². The van der Waals surface area contributed by atoms with Crippen molar-refractivity contribution in [1.82, 2.24) is 15.0 Å². The van der Waals surface area contributed by atoms with Gasteiger partial charge in [0.1, 0.15) is 33.6 Å². The van der Waals surface area contributed by atoms with Crippen LogP contribution in [-0.2, 0) is 9.47 Å². The molecule has 1 saturated heterocycles. The van der Waals surface area contributed by atoms with Crippen LogP contribution in [-0.4, -0.2) is 47.3 Å². The van der Waals surface area contributed by atoms with Crippen molar-refractivity contribution >= 4 is 50.6 Å². The molecule has 10 heteroatoms. The molecule has 0 amide bonds. The normalized spacial score (nSPS) is 14.8. The van der Waals surface area contributed by atoms with Gasteiger partial charge in [0.15, 0.2) is 0 Å². The number of pyridine rings is 1. The van der Waals surface area contributed by atoms with Crippen LogP contribution in [0.1, 0.15) is 22.5 Å². The van der Waals surface area contributed by atoms with Crippen LogP contribution in [0.25, 0.3) is 10.2 Å². The van der Waals surface area contributed by atoms with Crippen LogP contribution in [0.2, 0.25) is 5.02 Å². The number of rotatable bonds is 5. The topological polar surface area (TPSA) is 95.5 Å². The van der Waals surface area contributed by atoms with Crippen LogP contribution >= 0.6 is 22.9 Å². The number of hydrogen-bond donors (Lipinski definition) is 1. The smallest absolute Gasteiger partial charge is 0.349 e. The highest BCUT2D eigenvalue weighted by Gasteiger charge is 2.23. The molecule has 0 aliphatic carbocycles. The van der Waals surface area contributed by atoms with E-state index in [9.17, 15) is 4.79 Å². The van der Waals surface area contributed by atoms with Crippen molar-refractivity contribution in [2.24, 2.45) is 0 Å². The summed E-state index contributed by atoms with van der Waals surface area (Å²) in [6.07, 6.45) is 4.75. The average Bonchev–Trinajstić information content (AvgIpc) is 3.07. The minimum Gasteiger partial charge on any atom is -0.473 e. The number of methoxy groups -OCH3 is 1. The second-order valence-electron chi connectivity index (χ2n) is 6.05. The second-order valence-corrected chi connectivity index (χ2v) is 7.43. The number of halogens is 1. The zero-order chi connectivity index (χ0) is 19.5. The Labute approximate surface area is 169 Å². The fourth-order valence-corrected chi connectivity index (χ4v) is 4.26. The molecule has 0 saturated carbocycles. The Kier molecular flexibility index (Phi) is 5.56. The Morgan fingerprint density at radius 3 is 2.93 bits per heavy atom. The van der Waals surface area contributed by atoms with Crippen molar-refractivity contribution in [3.63, 3.8) is 0 Å². The van der Waals surface area contributed by atoms with Gasteiger partial charge in [-0.2, -0.15) is 0 Å². The fourth-order valence-electron chi connectivity index (χ4n) is 2.88. The predicted molar refractivity (Wildman–Crippen MR) is 106 cm³/mol. The maximum Gasteiger partial charge on any atom is 0.349 e. The van der Waals surface area contributed by atoms with Crippen molar-refractivity contribution in [3.05, 3.63) is 34.6 Å². The van der Waals surface area contributed by atoms with Gasteiger partial charge in [0.05, 0.1) is 30.7 Å². The van der Waals surface area contributed by atoms with E-state index in [1.165, 1.54) is 13.4 Å². The molecule has 1 fully saturated rings. The summed E-state index contributed by atoms with van der Waals surface area (Å²) in [5.74, 6) is 0.427. The summed E-state index contributed by atoms with van der Waals surface area (Å²) in [4.78, 5) is 25.7. The first-order valence-electron chi connectivity index (χ1n) is 8.65. The van der Waals surface area contributed by atoms with Crippen molar-refractivity contribution in [1.29, 1.82) is 0 Å². The number of nitrogens with zero attached hydrogens (tertiary/aromatic N) is 3. The molecule has 3 aromatic rings. The molecule has 0 atom stereocenters. The number of thiophene rings is 1. The lowest BCUT2D eigenvalue weighted by Gasteiger charge is -2.23. The van der Waals surface area contributed by atoms with E-state index in [0.717, 1.165) is 24.2 Å². The molecule has 4 heterocycles. The lowest BCUT2D eigenvalue weighted by atomic mass is 10.1. The zero-order valence-corrected chi connectivity index (χ0v) is 16.5. The maximum atomic E-state index is 11.9. The minimum atomic E-state index is -0.510. The molecule has 0 bridgehead atoms. The van der Waals surface area contributed by atoms with Crippen molar-refractivity contribution in [3.8, 4) is 5.88 Å². The number of anilines is 2. The Morgan fingerprint density at radius 2 is 2.14 bits per heavy atom. The minimum absolute atomic E-state index is 0.0466. The molecular weight excluding hydrogens is 404 g/mol. The first-order valence-corrected chi connectivity index (χ1v) is 9.84. The van der Waals surface area contributed by atoms with E-state index in [2.05, 4.69) is 20.3 Å². The second kappa shape index (κ2) is 8.26. The SMILES string of the molecule is COC(=O)c1sc2ncnc(Nc3cccnc3OC3CCOCC3)c2c1Cl. The van der Waals surface area contributed by atoms with Gasteiger partial charge in [0.2, 0.25) is 5.88 Å². The first-order chi connectivity index (χ1) is 13.7. The number of nitrogens with one attached hydrogen (secondary N) is 1. The Hall–Kier alpha value is -2.49. The van der Waals surface area contributed by atoms with Crippen LogP contribution in [0.5, 0.6) is 5.88 Å². The lowest BCUT2D eigenvalue weighted by molar-refractivity contribution is 0.0240. The molecule has 0 spiro atoms. The van der Waals surface area contributed by atoms with E-state index in [4.69, 9.17) is 25.8 Å².